The third-order valence-electron chi connectivity index (χ3n) is 11.5. The summed E-state index contributed by atoms with van der Waals surface area (Å²) in [5, 5.41) is 13.0. The number of ether oxygens (including phenoxy) is 3. The van der Waals surface area contributed by atoms with E-state index < -0.39 is 24.0 Å². The second kappa shape index (κ2) is 16.5. The first-order valence-corrected chi connectivity index (χ1v) is 19.8. The van der Waals surface area contributed by atoms with Crippen molar-refractivity contribution < 1.29 is 33.7 Å². The number of pyridine rings is 1. The summed E-state index contributed by atoms with van der Waals surface area (Å²) >= 11 is 0. The van der Waals surface area contributed by atoms with Crippen LogP contribution in [0.3, 0.4) is 0 Å². The number of nitrogens with zero attached hydrogens (tertiary/aromatic N) is 2. The molecule has 0 bridgehead atoms. The topological polar surface area (TPSA) is 127 Å². The highest BCUT2D eigenvalue weighted by Crippen LogP contribution is 2.41. The summed E-state index contributed by atoms with van der Waals surface area (Å²) in [6, 6.07) is 28.0. The van der Waals surface area contributed by atoms with Gasteiger partial charge in [0.25, 0.3) is 5.91 Å². The summed E-state index contributed by atoms with van der Waals surface area (Å²) in [4.78, 5) is 46.4. The SMILES string of the molecule is Cc1cnccc1-c1ccc(CC(NC(=O)C2Cc3cc4c(cc3CN2C(=O)c2ccccc2)OC(c2ccc(OC3CCC(C)CC3)cc2)CO4)C(=O)O)cc1. The molecule has 5 aromatic rings. The van der Waals surface area contributed by atoms with E-state index in [1.165, 1.54) is 17.7 Å². The Morgan fingerprint density at radius 2 is 1.65 bits per heavy atom. The fourth-order valence-electron chi connectivity index (χ4n) is 8.13. The van der Waals surface area contributed by atoms with E-state index in [0.29, 0.717) is 23.7 Å². The Bertz CT molecular complexity index is 2230. The van der Waals surface area contributed by atoms with Gasteiger partial charge in [0.05, 0.1) is 6.10 Å². The molecule has 292 valence electrons. The lowest BCUT2D eigenvalue weighted by Crippen LogP contribution is -2.56. The van der Waals surface area contributed by atoms with Crippen LogP contribution in [-0.4, -0.2) is 57.6 Å². The molecule has 1 saturated carbocycles. The number of rotatable bonds is 10. The first-order chi connectivity index (χ1) is 27.7. The zero-order chi connectivity index (χ0) is 39.5. The maximum Gasteiger partial charge on any atom is 0.326 e. The fraction of sp³-hybridized carbons (Fsp3) is 0.319. The molecule has 1 aliphatic carbocycles. The lowest BCUT2D eigenvalue weighted by Gasteiger charge is -2.37. The van der Waals surface area contributed by atoms with Crippen molar-refractivity contribution in [3.8, 4) is 28.4 Å². The highest BCUT2D eigenvalue weighted by Gasteiger charge is 2.38. The van der Waals surface area contributed by atoms with Crippen LogP contribution in [0.1, 0.15) is 76.9 Å². The van der Waals surface area contributed by atoms with Crippen LogP contribution < -0.4 is 19.5 Å². The second-order valence-electron chi connectivity index (χ2n) is 15.6. The average molecular weight is 766 g/mol. The van der Waals surface area contributed by atoms with E-state index in [-0.39, 0.29) is 37.5 Å². The van der Waals surface area contributed by atoms with Crippen molar-refractivity contribution in [3.63, 3.8) is 0 Å². The minimum Gasteiger partial charge on any atom is -0.490 e. The Kier molecular flexibility index (Phi) is 10.9. The largest absolute Gasteiger partial charge is 0.490 e. The minimum absolute atomic E-state index is 0.0715. The Labute approximate surface area is 332 Å². The summed E-state index contributed by atoms with van der Waals surface area (Å²) in [5.74, 6) is 0.712. The summed E-state index contributed by atoms with van der Waals surface area (Å²) in [6.45, 7) is 4.72. The number of carboxylic acid groups (broad SMARTS) is 1. The normalized spacial score (nSPS) is 20.5. The number of hydrogen-bond donors (Lipinski definition) is 2. The predicted octanol–water partition coefficient (Wildman–Crippen LogP) is 7.91. The van der Waals surface area contributed by atoms with Gasteiger partial charge >= 0.3 is 5.97 Å². The lowest BCUT2D eigenvalue weighted by molar-refractivity contribution is -0.142. The molecular formula is C47H47N3O7. The van der Waals surface area contributed by atoms with Crippen LogP contribution in [0.2, 0.25) is 0 Å². The van der Waals surface area contributed by atoms with Gasteiger partial charge < -0.3 is 29.5 Å². The number of aromatic nitrogens is 1. The molecule has 0 radical (unpaired) electrons. The fourth-order valence-corrected chi connectivity index (χ4v) is 8.13. The van der Waals surface area contributed by atoms with Crippen LogP contribution >= 0.6 is 0 Å². The van der Waals surface area contributed by atoms with Crippen LogP contribution in [0.15, 0.2) is 109 Å². The van der Waals surface area contributed by atoms with E-state index in [0.717, 1.165) is 63.5 Å². The number of fused-ring (bicyclic) bond motifs is 2. The number of nitrogens with one attached hydrogen (secondary N) is 1. The van der Waals surface area contributed by atoms with Crippen molar-refractivity contribution in [2.75, 3.05) is 6.61 Å². The molecule has 0 saturated heterocycles. The number of benzene rings is 4. The molecule has 2 aliphatic heterocycles. The Morgan fingerprint density at radius 3 is 2.37 bits per heavy atom. The molecule has 10 nitrogen and oxygen atoms in total. The summed E-state index contributed by atoms with van der Waals surface area (Å²) in [5.41, 5.74) is 6.87. The molecule has 3 unspecified atom stereocenters. The molecule has 2 N–H and O–H groups in total. The average Bonchev–Trinajstić information content (AvgIpc) is 3.23. The zero-order valence-corrected chi connectivity index (χ0v) is 32.2. The summed E-state index contributed by atoms with van der Waals surface area (Å²) < 4.78 is 19.0. The Hall–Kier alpha value is -6.16. The van der Waals surface area contributed by atoms with Gasteiger partial charge in [-0.1, -0.05) is 61.5 Å². The van der Waals surface area contributed by atoms with Gasteiger partial charge in [-0.05, 0) is 120 Å². The van der Waals surface area contributed by atoms with E-state index in [9.17, 15) is 19.5 Å². The van der Waals surface area contributed by atoms with Gasteiger partial charge in [-0.15, -0.1) is 0 Å². The van der Waals surface area contributed by atoms with Crippen LogP contribution in [0, 0.1) is 12.8 Å². The van der Waals surface area contributed by atoms with Crippen LogP contribution in [0.5, 0.6) is 17.2 Å². The number of carbonyl (C=O) groups excluding carboxylic acids is 2. The number of amides is 2. The van der Waals surface area contributed by atoms with Crippen molar-refractivity contribution >= 4 is 17.8 Å². The van der Waals surface area contributed by atoms with Gasteiger partial charge in [0.1, 0.15) is 24.4 Å². The van der Waals surface area contributed by atoms with E-state index in [2.05, 4.69) is 17.2 Å². The highest BCUT2D eigenvalue weighted by molar-refractivity contribution is 5.98. The lowest BCUT2D eigenvalue weighted by atomic mass is 9.89. The van der Waals surface area contributed by atoms with Crippen molar-refractivity contribution in [2.45, 2.75) is 83.2 Å². The number of aliphatic carboxylic acids is 1. The predicted molar refractivity (Wildman–Crippen MR) is 215 cm³/mol. The smallest absolute Gasteiger partial charge is 0.326 e. The summed E-state index contributed by atoms with van der Waals surface area (Å²) in [6.07, 6.45) is 8.24. The number of hydrogen-bond acceptors (Lipinski definition) is 7. The van der Waals surface area contributed by atoms with Gasteiger partial charge in [0, 0.05) is 37.3 Å². The quantitative estimate of drug-likeness (QED) is 0.147. The third-order valence-corrected chi connectivity index (χ3v) is 11.5. The van der Waals surface area contributed by atoms with Gasteiger partial charge in [-0.25, -0.2) is 4.79 Å². The number of carboxylic acids is 1. The molecular weight excluding hydrogens is 719 g/mol. The van der Waals surface area contributed by atoms with E-state index in [4.69, 9.17) is 14.2 Å². The number of aryl methyl sites for hydroxylation is 1. The molecule has 2 amide bonds. The molecule has 57 heavy (non-hydrogen) atoms. The second-order valence-corrected chi connectivity index (χ2v) is 15.6. The van der Waals surface area contributed by atoms with E-state index in [1.54, 1.807) is 36.7 Å². The zero-order valence-electron chi connectivity index (χ0n) is 32.2. The number of carbonyl (C=O) groups is 3. The minimum atomic E-state index is -1.21. The van der Waals surface area contributed by atoms with Crippen molar-refractivity contribution in [3.05, 3.63) is 143 Å². The highest BCUT2D eigenvalue weighted by atomic mass is 16.6. The molecule has 1 aromatic heterocycles. The Balaban J connectivity index is 0.988. The molecule has 1 fully saturated rings. The Morgan fingerprint density at radius 1 is 0.912 bits per heavy atom. The standard InChI is InChI=1S/C47H47N3O7/c1-29-8-16-37(17-9-29)56-38-18-14-33(15-19-38)44-28-55-42-24-35-23-41(50(27-36(35)25-43(42)57-44)46(52)34-6-4-3-5-7-34)45(51)49-40(47(53)54)22-31-10-12-32(13-11-31)39-20-21-48-26-30(39)2/h3-7,10-15,18-21,24-26,29,37,40-41,44H,8-9,16-17,22-23,27-28H2,1-2H3,(H,49,51)(H,53,54). The molecule has 8 rings (SSSR count). The molecule has 0 spiro atoms. The molecule has 3 atom stereocenters. The maximum absolute atomic E-state index is 14.1. The van der Waals surface area contributed by atoms with Gasteiger partial charge in [-0.2, -0.15) is 0 Å². The van der Waals surface area contributed by atoms with Gasteiger partial charge in [0.2, 0.25) is 5.91 Å². The molecule has 4 aromatic carbocycles. The van der Waals surface area contributed by atoms with Gasteiger partial charge in [-0.3, -0.25) is 14.6 Å². The molecule has 3 aliphatic rings. The molecule has 10 heteroatoms. The monoisotopic (exact) mass is 765 g/mol. The summed E-state index contributed by atoms with van der Waals surface area (Å²) in [7, 11) is 0. The maximum atomic E-state index is 14.1. The van der Waals surface area contributed by atoms with E-state index >= 15 is 0 Å². The van der Waals surface area contributed by atoms with Crippen LogP contribution in [0.25, 0.3) is 11.1 Å². The molecule has 3 heterocycles. The van der Waals surface area contributed by atoms with Crippen molar-refractivity contribution in [1.29, 1.82) is 0 Å². The first kappa shape index (κ1) is 37.7. The van der Waals surface area contributed by atoms with E-state index in [1.807, 2.05) is 79.7 Å². The van der Waals surface area contributed by atoms with Crippen LogP contribution in [-0.2, 0) is 29.0 Å². The third kappa shape index (κ3) is 8.50. The first-order valence-electron chi connectivity index (χ1n) is 19.8. The van der Waals surface area contributed by atoms with Gasteiger partial charge in [0.15, 0.2) is 17.6 Å². The van der Waals surface area contributed by atoms with Crippen molar-refractivity contribution in [2.24, 2.45) is 5.92 Å². The van der Waals surface area contributed by atoms with Crippen LogP contribution in [0.4, 0.5) is 0 Å². The van der Waals surface area contributed by atoms with Crippen molar-refractivity contribution in [1.82, 2.24) is 15.2 Å².